The third-order valence-electron chi connectivity index (χ3n) is 3.02. The van der Waals surface area contributed by atoms with E-state index in [0.29, 0.717) is 6.61 Å². The molecular formula is C12H23NO3. The Morgan fingerprint density at radius 2 is 1.94 bits per heavy atom. The highest BCUT2D eigenvalue weighted by atomic mass is 16.7. The standard InChI is InChI=1S/C12H23NO3/c1-11(2,10(14)13(5)6)9-7-8-15-12(3,4)16-9/h9H,7-8H2,1-6H3. The first-order chi connectivity index (χ1) is 7.17. The Balaban J connectivity index is 2.79. The van der Waals surface area contributed by atoms with Gasteiger partial charge in [0, 0.05) is 14.1 Å². The number of ether oxygens (including phenoxy) is 2. The van der Waals surface area contributed by atoms with Crippen molar-refractivity contribution in [3.63, 3.8) is 0 Å². The summed E-state index contributed by atoms with van der Waals surface area (Å²) in [6.45, 7) is 8.27. The summed E-state index contributed by atoms with van der Waals surface area (Å²) in [7, 11) is 3.54. The van der Waals surface area contributed by atoms with Crippen molar-refractivity contribution in [1.29, 1.82) is 0 Å². The molecule has 1 unspecified atom stereocenters. The summed E-state index contributed by atoms with van der Waals surface area (Å²) < 4.78 is 11.3. The van der Waals surface area contributed by atoms with Crippen molar-refractivity contribution in [2.45, 2.75) is 46.0 Å². The van der Waals surface area contributed by atoms with E-state index in [1.165, 1.54) is 0 Å². The molecule has 0 aliphatic carbocycles. The Labute approximate surface area is 97.9 Å². The number of amides is 1. The molecule has 4 nitrogen and oxygen atoms in total. The number of hydrogen-bond donors (Lipinski definition) is 0. The summed E-state index contributed by atoms with van der Waals surface area (Å²) in [5, 5.41) is 0. The molecule has 1 heterocycles. The predicted octanol–water partition coefficient (Wildman–Crippen LogP) is 1.64. The van der Waals surface area contributed by atoms with Crippen LogP contribution in [0.5, 0.6) is 0 Å². The first kappa shape index (κ1) is 13.5. The molecule has 16 heavy (non-hydrogen) atoms. The fourth-order valence-corrected chi connectivity index (χ4v) is 2.07. The lowest BCUT2D eigenvalue weighted by atomic mass is 9.82. The van der Waals surface area contributed by atoms with Crippen molar-refractivity contribution in [2.24, 2.45) is 5.41 Å². The van der Waals surface area contributed by atoms with E-state index in [0.717, 1.165) is 6.42 Å². The summed E-state index contributed by atoms with van der Waals surface area (Å²) in [6, 6.07) is 0. The monoisotopic (exact) mass is 229 g/mol. The molecule has 0 spiro atoms. The molecule has 0 bridgehead atoms. The molecule has 1 saturated heterocycles. The van der Waals surface area contributed by atoms with Gasteiger partial charge in [-0.2, -0.15) is 0 Å². The minimum Gasteiger partial charge on any atom is -0.350 e. The van der Waals surface area contributed by atoms with Crippen LogP contribution in [0.15, 0.2) is 0 Å². The summed E-state index contributed by atoms with van der Waals surface area (Å²) in [6.07, 6.45) is 0.668. The van der Waals surface area contributed by atoms with Gasteiger partial charge in [-0.3, -0.25) is 4.79 Å². The zero-order valence-corrected chi connectivity index (χ0v) is 11.2. The van der Waals surface area contributed by atoms with Crippen molar-refractivity contribution in [2.75, 3.05) is 20.7 Å². The molecule has 94 valence electrons. The minimum atomic E-state index is -0.590. The molecule has 0 aromatic carbocycles. The van der Waals surface area contributed by atoms with Crippen molar-refractivity contribution in [3.05, 3.63) is 0 Å². The van der Waals surface area contributed by atoms with Gasteiger partial charge in [0.15, 0.2) is 5.79 Å². The topological polar surface area (TPSA) is 38.8 Å². The summed E-state index contributed by atoms with van der Waals surface area (Å²) >= 11 is 0. The van der Waals surface area contributed by atoms with E-state index >= 15 is 0 Å². The largest absolute Gasteiger partial charge is 0.350 e. The van der Waals surface area contributed by atoms with Crippen LogP contribution >= 0.6 is 0 Å². The van der Waals surface area contributed by atoms with Crippen LogP contribution in [0.1, 0.15) is 34.1 Å². The Morgan fingerprint density at radius 1 is 1.38 bits per heavy atom. The van der Waals surface area contributed by atoms with E-state index in [-0.39, 0.29) is 12.0 Å². The average molecular weight is 229 g/mol. The smallest absolute Gasteiger partial charge is 0.230 e. The van der Waals surface area contributed by atoms with Crippen LogP contribution in [-0.2, 0) is 14.3 Å². The van der Waals surface area contributed by atoms with Gasteiger partial charge >= 0.3 is 0 Å². The molecule has 1 aliphatic heterocycles. The third kappa shape index (κ3) is 2.74. The molecule has 0 N–H and O–H groups in total. The second-order valence-corrected chi connectivity index (χ2v) is 5.56. The number of rotatable bonds is 2. The van der Waals surface area contributed by atoms with Crippen LogP contribution in [0.3, 0.4) is 0 Å². The van der Waals surface area contributed by atoms with Gasteiger partial charge < -0.3 is 14.4 Å². The predicted molar refractivity (Wildman–Crippen MR) is 62.0 cm³/mol. The van der Waals surface area contributed by atoms with E-state index in [1.54, 1.807) is 19.0 Å². The second-order valence-electron chi connectivity index (χ2n) is 5.56. The van der Waals surface area contributed by atoms with Crippen LogP contribution in [0, 0.1) is 5.41 Å². The Bertz CT molecular complexity index is 271. The van der Waals surface area contributed by atoms with E-state index in [4.69, 9.17) is 9.47 Å². The van der Waals surface area contributed by atoms with E-state index in [2.05, 4.69) is 0 Å². The fraction of sp³-hybridized carbons (Fsp3) is 0.917. The molecule has 0 aromatic heterocycles. The third-order valence-corrected chi connectivity index (χ3v) is 3.02. The van der Waals surface area contributed by atoms with Crippen molar-refractivity contribution in [1.82, 2.24) is 4.90 Å². The summed E-state index contributed by atoms with van der Waals surface area (Å²) in [5.74, 6) is -0.498. The van der Waals surface area contributed by atoms with Crippen LogP contribution in [0.2, 0.25) is 0 Å². The van der Waals surface area contributed by atoms with Gasteiger partial charge in [-0.1, -0.05) is 0 Å². The zero-order valence-electron chi connectivity index (χ0n) is 11.2. The van der Waals surface area contributed by atoms with Crippen LogP contribution < -0.4 is 0 Å². The van der Waals surface area contributed by atoms with Gasteiger partial charge in [0.25, 0.3) is 0 Å². The maximum absolute atomic E-state index is 12.1. The molecule has 0 radical (unpaired) electrons. The number of hydrogen-bond acceptors (Lipinski definition) is 3. The van der Waals surface area contributed by atoms with E-state index in [9.17, 15) is 4.79 Å². The highest BCUT2D eigenvalue weighted by Crippen LogP contribution is 2.34. The molecule has 1 amide bonds. The van der Waals surface area contributed by atoms with Gasteiger partial charge in [-0.25, -0.2) is 0 Å². The second kappa shape index (κ2) is 4.34. The SMILES string of the molecule is CN(C)C(=O)C(C)(C)C1CCOC(C)(C)O1. The van der Waals surface area contributed by atoms with Crippen LogP contribution in [-0.4, -0.2) is 43.4 Å². The lowest BCUT2D eigenvalue weighted by Gasteiger charge is -2.43. The molecule has 1 aliphatic rings. The lowest BCUT2D eigenvalue weighted by Crippen LogP contribution is -2.51. The molecular weight excluding hydrogens is 206 g/mol. The maximum Gasteiger partial charge on any atom is 0.230 e. The first-order valence-corrected chi connectivity index (χ1v) is 5.70. The molecule has 4 heteroatoms. The van der Waals surface area contributed by atoms with Gasteiger partial charge in [0.1, 0.15) is 0 Å². The zero-order chi connectivity index (χ0) is 12.6. The number of nitrogens with zero attached hydrogens (tertiary/aromatic N) is 1. The Morgan fingerprint density at radius 3 is 2.38 bits per heavy atom. The molecule has 1 fully saturated rings. The Hall–Kier alpha value is -0.610. The maximum atomic E-state index is 12.1. The normalized spacial score (nSPS) is 25.2. The Kier molecular flexibility index (Phi) is 3.65. The van der Waals surface area contributed by atoms with Gasteiger partial charge in [0.05, 0.1) is 18.1 Å². The quantitative estimate of drug-likeness (QED) is 0.722. The van der Waals surface area contributed by atoms with Gasteiger partial charge in [-0.15, -0.1) is 0 Å². The van der Waals surface area contributed by atoms with Gasteiger partial charge in [0.2, 0.25) is 5.91 Å². The fourth-order valence-electron chi connectivity index (χ4n) is 2.07. The average Bonchev–Trinajstić information content (AvgIpc) is 2.14. The van der Waals surface area contributed by atoms with Crippen molar-refractivity contribution in [3.8, 4) is 0 Å². The summed E-state index contributed by atoms with van der Waals surface area (Å²) in [4.78, 5) is 13.7. The molecule has 0 aromatic rings. The minimum absolute atomic E-state index is 0.0915. The van der Waals surface area contributed by atoms with E-state index < -0.39 is 11.2 Å². The first-order valence-electron chi connectivity index (χ1n) is 5.70. The summed E-state index contributed by atoms with van der Waals surface area (Å²) in [5.41, 5.74) is -0.509. The molecule has 1 rings (SSSR count). The van der Waals surface area contributed by atoms with E-state index in [1.807, 2.05) is 27.7 Å². The van der Waals surface area contributed by atoms with Crippen molar-refractivity contribution < 1.29 is 14.3 Å². The van der Waals surface area contributed by atoms with Crippen LogP contribution in [0.25, 0.3) is 0 Å². The lowest BCUT2D eigenvalue weighted by molar-refractivity contribution is -0.289. The van der Waals surface area contributed by atoms with Crippen LogP contribution in [0.4, 0.5) is 0 Å². The molecule has 1 atom stereocenters. The highest BCUT2D eigenvalue weighted by molar-refractivity contribution is 5.82. The van der Waals surface area contributed by atoms with Gasteiger partial charge in [-0.05, 0) is 34.1 Å². The number of carbonyl (C=O) groups excluding carboxylic acids is 1. The van der Waals surface area contributed by atoms with Crippen molar-refractivity contribution >= 4 is 5.91 Å². The molecule has 0 saturated carbocycles. The number of carbonyl (C=O) groups is 1. The highest BCUT2D eigenvalue weighted by Gasteiger charge is 2.43.